The molecule has 0 aromatic carbocycles. The van der Waals surface area contributed by atoms with Crippen LogP contribution in [0.1, 0.15) is 33.1 Å². The van der Waals surface area contributed by atoms with Crippen molar-refractivity contribution >= 4 is 5.82 Å². The van der Waals surface area contributed by atoms with Crippen molar-refractivity contribution in [1.82, 2.24) is 15.3 Å². The average molecular weight is 278 g/mol. The molecular weight excluding hydrogens is 252 g/mol. The number of nitrogens with zero attached hydrogens (tertiary/aromatic N) is 3. The number of piperidine rings is 1. The van der Waals surface area contributed by atoms with Gasteiger partial charge in [0, 0.05) is 13.1 Å². The quantitative estimate of drug-likeness (QED) is 0.827. The lowest BCUT2D eigenvalue weighted by Gasteiger charge is -2.30. The van der Waals surface area contributed by atoms with Crippen LogP contribution in [-0.4, -0.2) is 42.8 Å². The molecule has 1 aliphatic rings. The molecule has 2 rings (SSSR count). The third-order valence-corrected chi connectivity index (χ3v) is 3.59. The maximum atomic E-state index is 5.45. The van der Waals surface area contributed by atoms with Crippen molar-refractivity contribution in [3.63, 3.8) is 0 Å². The van der Waals surface area contributed by atoms with E-state index in [9.17, 15) is 0 Å². The number of rotatable bonds is 7. The van der Waals surface area contributed by atoms with Gasteiger partial charge in [0.05, 0.1) is 19.0 Å². The van der Waals surface area contributed by atoms with Crippen molar-refractivity contribution < 1.29 is 4.74 Å². The molecule has 5 heteroatoms. The normalized spacial score (nSPS) is 18.8. The van der Waals surface area contributed by atoms with E-state index >= 15 is 0 Å². The summed E-state index contributed by atoms with van der Waals surface area (Å²) >= 11 is 0. The summed E-state index contributed by atoms with van der Waals surface area (Å²) < 4.78 is 5.45. The summed E-state index contributed by atoms with van der Waals surface area (Å²) in [6, 6.07) is 0. The van der Waals surface area contributed by atoms with Crippen molar-refractivity contribution in [2.24, 2.45) is 5.92 Å². The molecule has 20 heavy (non-hydrogen) atoms. The van der Waals surface area contributed by atoms with Crippen LogP contribution >= 0.6 is 0 Å². The Hall–Kier alpha value is -1.36. The van der Waals surface area contributed by atoms with Crippen LogP contribution in [0.5, 0.6) is 5.88 Å². The molecule has 1 aliphatic heterocycles. The van der Waals surface area contributed by atoms with Gasteiger partial charge in [0.15, 0.2) is 5.82 Å². The summed E-state index contributed by atoms with van der Waals surface area (Å²) in [5.74, 6) is 2.25. The predicted octanol–water partition coefficient (Wildman–Crippen LogP) is 2.09. The van der Waals surface area contributed by atoms with Gasteiger partial charge < -0.3 is 15.0 Å². The highest BCUT2D eigenvalue weighted by Gasteiger charge is 2.18. The smallest absolute Gasteiger partial charge is 0.234 e. The zero-order valence-corrected chi connectivity index (χ0v) is 12.6. The molecular formula is C15H26N4O. The van der Waals surface area contributed by atoms with Crippen LogP contribution in [-0.2, 0) is 0 Å². The summed E-state index contributed by atoms with van der Waals surface area (Å²) in [5, 5.41) is 3.48. The van der Waals surface area contributed by atoms with Gasteiger partial charge in [-0.3, -0.25) is 4.98 Å². The maximum Gasteiger partial charge on any atom is 0.234 e. The molecule has 0 spiro atoms. The summed E-state index contributed by atoms with van der Waals surface area (Å²) in [5.41, 5.74) is 0. The van der Waals surface area contributed by atoms with Crippen LogP contribution in [0, 0.1) is 5.92 Å². The third kappa shape index (κ3) is 4.34. The molecule has 1 unspecified atom stereocenters. The zero-order chi connectivity index (χ0) is 14.2. The van der Waals surface area contributed by atoms with E-state index in [4.69, 9.17) is 4.74 Å². The van der Waals surface area contributed by atoms with Crippen molar-refractivity contribution in [2.75, 3.05) is 37.7 Å². The Labute approximate surface area is 121 Å². The van der Waals surface area contributed by atoms with Crippen LogP contribution in [0.25, 0.3) is 0 Å². The number of hydrogen-bond donors (Lipinski definition) is 1. The van der Waals surface area contributed by atoms with E-state index in [1.54, 1.807) is 6.20 Å². The first-order valence-electron chi connectivity index (χ1n) is 7.74. The minimum absolute atomic E-state index is 0.618. The molecule has 2 heterocycles. The highest BCUT2D eigenvalue weighted by Crippen LogP contribution is 2.19. The van der Waals surface area contributed by atoms with Gasteiger partial charge in [-0.15, -0.1) is 0 Å². The van der Waals surface area contributed by atoms with E-state index in [0.29, 0.717) is 18.4 Å². The SMILES string of the molecule is CCCN(CC1CCCNC1)c1cncc(OCC)n1. The van der Waals surface area contributed by atoms with Gasteiger partial charge in [0.1, 0.15) is 0 Å². The highest BCUT2D eigenvalue weighted by atomic mass is 16.5. The van der Waals surface area contributed by atoms with Gasteiger partial charge in [-0.2, -0.15) is 4.98 Å². The fourth-order valence-electron chi connectivity index (χ4n) is 2.67. The summed E-state index contributed by atoms with van der Waals surface area (Å²) in [7, 11) is 0. The molecule has 1 N–H and O–H groups in total. The van der Waals surface area contributed by atoms with Gasteiger partial charge in [-0.05, 0) is 45.2 Å². The lowest BCUT2D eigenvalue weighted by atomic mass is 9.99. The summed E-state index contributed by atoms with van der Waals surface area (Å²) in [6.07, 6.45) is 7.20. The number of aromatic nitrogens is 2. The van der Waals surface area contributed by atoms with Crippen LogP contribution in [0.15, 0.2) is 12.4 Å². The summed E-state index contributed by atoms with van der Waals surface area (Å²) in [4.78, 5) is 11.2. The first-order chi connectivity index (χ1) is 9.83. The van der Waals surface area contributed by atoms with Gasteiger partial charge in [0.25, 0.3) is 0 Å². The van der Waals surface area contributed by atoms with Crippen LogP contribution in [0.4, 0.5) is 5.82 Å². The van der Waals surface area contributed by atoms with Crippen molar-refractivity contribution in [2.45, 2.75) is 33.1 Å². The summed E-state index contributed by atoms with van der Waals surface area (Å²) in [6.45, 7) is 9.12. The Morgan fingerprint density at radius 2 is 2.30 bits per heavy atom. The second-order valence-electron chi connectivity index (χ2n) is 5.31. The van der Waals surface area contributed by atoms with Crippen LogP contribution < -0.4 is 15.0 Å². The van der Waals surface area contributed by atoms with Crippen molar-refractivity contribution in [3.05, 3.63) is 12.4 Å². The first kappa shape index (κ1) is 15.0. The highest BCUT2D eigenvalue weighted by molar-refractivity contribution is 5.37. The Morgan fingerprint density at radius 3 is 3.00 bits per heavy atom. The zero-order valence-electron chi connectivity index (χ0n) is 12.6. The lowest BCUT2D eigenvalue weighted by molar-refractivity contribution is 0.324. The monoisotopic (exact) mass is 278 g/mol. The molecule has 0 saturated carbocycles. The van der Waals surface area contributed by atoms with Gasteiger partial charge in [0.2, 0.25) is 5.88 Å². The van der Waals surface area contributed by atoms with Crippen molar-refractivity contribution in [1.29, 1.82) is 0 Å². The minimum atomic E-state index is 0.618. The minimum Gasteiger partial charge on any atom is -0.477 e. The Morgan fingerprint density at radius 1 is 1.40 bits per heavy atom. The van der Waals surface area contributed by atoms with Gasteiger partial charge >= 0.3 is 0 Å². The molecule has 0 aliphatic carbocycles. The largest absolute Gasteiger partial charge is 0.477 e. The number of hydrogen-bond acceptors (Lipinski definition) is 5. The molecule has 1 atom stereocenters. The second kappa shape index (κ2) is 8.04. The molecule has 5 nitrogen and oxygen atoms in total. The Bertz CT molecular complexity index is 393. The predicted molar refractivity (Wildman–Crippen MR) is 81.3 cm³/mol. The molecule has 112 valence electrons. The molecule has 1 saturated heterocycles. The third-order valence-electron chi connectivity index (χ3n) is 3.59. The Kier molecular flexibility index (Phi) is 6.05. The standard InChI is InChI=1S/C15H26N4O/c1-3-8-19(12-13-6-5-7-16-9-13)14-10-17-11-15(18-14)20-4-2/h10-11,13,16H,3-9,12H2,1-2H3. The van der Waals surface area contributed by atoms with E-state index < -0.39 is 0 Å². The fraction of sp³-hybridized carbons (Fsp3) is 0.733. The van der Waals surface area contributed by atoms with Crippen molar-refractivity contribution in [3.8, 4) is 5.88 Å². The average Bonchev–Trinajstić information content (AvgIpc) is 2.49. The molecule has 1 aromatic rings. The fourth-order valence-corrected chi connectivity index (χ4v) is 2.67. The van der Waals surface area contributed by atoms with Crippen LogP contribution in [0.3, 0.4) is 0 Å². The molecule has 0 bridgehead atoms. The number of anilines is 1. The number of ether oxygens (including phenoxy) is 1. The topological polar surface area (TPSA) is 50.3 Å². The molecule has 1 fully saturated rings. The molecule has 0 amide bonds. The number of nitrogens with one attached hydrogen (secondary N) is 1. The van der Waals surface area contributed by atoms with E-state index in [0.717, 1.165) is 38.4 Å². The van der Waals surface area contributed by atoms with Gasteiger partial charge in [-0.25, -0.2) is 0 Å². The second-order valence-corrected chi connectivity index (χ2v) is 5.31. The van der Waals surface area contributed by atoms with E-state index in [1.807, 2.05) is 13.1 Å². The Balaban J connectivity index is 2.04. The van der Waals surface area contributed by atoms with Crippen LogP contribution in [0.2, 0.25) is 0 Å². The van der Waals surface area contributed by atoms with E-state index in [1.165, 1.54) is 12.8 Å². The van der Waals surface area contributed by atoms with E-state index in [-0.39, 0.29) is 0 Å². The maximum absolute atomic E-state index is 5.45. The van der Waals surface area contributed by atoms with E-state index in [2.05, 4.69) is 27.1 Å². The molecule has 1 aromatic heterocycles. The first-order valence-corrected chi connectivity index (χ1v) is 7.74. The van der Waals surface area contributed by atoms with Gasteiger partial charge in [-0.1, -0.05) is 6.92 Å². The molecule has 0 radical (unpaired) electrons. The lowest BCUT2D eigenvalue weighted by Crippen LogP contribution is -2.39.